The molecule has 1 aromatic carbocycles. The van der Waals surface area contributed by atoms with Gasteiger partial charge in [-0.05, 0) is 31.2 Å². The standard InChI is InChI=1S/C12H14N4O2S/c1-2-14-10-3-5-11(6-4-10)19(17,18)16-12-9-13-7-8-15-12/h3-9,14H,2H2,1H3,(H,15,16). The Bertz CT molecular complexity index is 627. The minimum atomic E-state index is -3.63. The quantitative estimate of drug-likeness (QED) is 0.869. The molecule has 1 heterocycles. The van der Waals surface area contributed by atoms with Crippen molar-refractivity contribution in [3.63, 3.8) is 0 Å². The van der Waals surface area contributed by atoms with Crippen LogP contribution >= 0.6 is 0 Å². The van der Waals surface area contributed by atoms with Crippen LogP contribution in [0.15, 0.2) is 47.8 Å². The Morgan fingerprint density at radius 2 is 1.89 bits per heavy atom. The number of rotatable bonds is 5. The van der Waals surface area contributed by atoms with Gasteiger partial charge < -0.3 is 5.32 Å². The second-order valence-electron chi connectivity index (χ2n) is 3.75. The Morgan fingerprint density at radius 1 is 1.16 bits per heavy atom. The van der Waals surface area contributed by atoms with E-state index in [2.05, 4.69) is 20.0 Å². The third kappa shape index (κ3) is 3.41. The lowest BCUT2D eigenvalue weighted by Crippen LogP contribution is -2.14. The predicted molar refractivity (Wildman–Crippen MR) is 73.4 cm³/mol. The van der Waals surface area contributed by atoms with E-state index in [1.54, 1.807) is 12.1 Å². The van der Waals surface area contributed by atoms with E-state index in [4.69, 9.17) is 0 Å². The Kier molecular flexibility index (Phi) is 3.96. The van der Waals surface area contributed by atoms with Gasteiger partial charge >= 0.3 is 0 Å². The van der Waals surface area contributed by atoms with Crippen LogP contribution in [0.4, 0.5) is 11.5 Å². The molecule has 0 saturated heterocycles. The van der Waals surface area contributed by atoms with Crippen LogP contribution in [0, 0.1) is 0 Å². The fourth-order valence-electron chi connectivity index (χ4n) is 1.50. The SMILES string of the molecule is CCNc1ccc(S(=O)(=O)Nc2cnccn2)cc1. The first-order chi connectivity index (χ1) is 9.12. The molecule has 6 nitrogen and oxygen atoms in total. The fourth-order valence-corrected chi connectivity index (χ4v) is 2.50. The first-order valence-electron chi connectivity index (χ1n) is 5.74. The lowest BCUT2D eigenvalue weighted by atomic mass is 10.3. The van der Waals surface area contributed by atoms with Crippen molar-refractivity contribution in [1.82, 2.24) is 9.97 Å². The predicted octanol–water partition coefficient (Wildman–Crippen LogP) is 1.71. The van der Waals surface area contributed by atoms with Gasteiger partial charge in [-0.1, -0.05) is 0 Å². The van der Waals surface area contributed by atoms with E-state index >= 15 is 0 Å². The zero-order valence-corrected chi connectivity index (χ0v) is 11.2. The van der Waals surface area contributed by atoms with Gasteiger partial charge in [0.05, 0.1) is 11.1 Å². The monoisotopic (exact) mass is 278 g/mol. The molecule has 19 heavy (non-hydrogen) atoms. The number of nitrogens with zero attached hydrogens (tertiary/aromatic N) is 2. The molecule has 1 aromatic heterocycles. The molecule has 0 atom stereocenters. The number of benzene rings is 1. The number of sulfonamides is 1. The summed E-state index contributed by atoms with van der Waals surface area (Å²) in [6.07, 6.45) is 4.25. The molecule has 2 N–H and O–H groups in total. The molecular weight excluding hydrogens is 264 g/mol. The second kappa shape index (κ2) is 5.66. The van der Waals surface area contributed by atoms with Crippen molar-refractivity contribution in [3.05, 3.63) is 42.9 Å². The molecule has 7 heteroatoms. The zero-order valence-electron chi connectivity index (χ0n) is 10.4. The van der Waals surface area contributed by atoms with Crippen molar-refractivity contribution >= 4 is 21.5 Å². The van der Waals surface area contributed by atoms with Crippen molar-refractivity contribution < 1.29 is 8.42 Å². The largest absolute Gasteiger partial charge is 0.385 e. The van der Waals surface area contributed by atoms with E-state index < -0.39 is 10.0 Å². The molecule has 0 amide bonds. The Labute approximate surface area is 112 Å². The molecule has 100 valence electrons. The van der Waals surface area contributed by atoms with E-state index in [-0.39, 0.29) is 10.7 Å². The van der Waals surface area contributed by atoms with Gasteiger partial charge in [0.2, 0.25) is 0 Å². The second-order valence-corrected chi connectivity index (χ2v) is 5.43. The van der Waals surface area contributed by atoms with Crippen molar-refractivity contribution in [2.75, 3.05) is 16.6 Å². The molecule has 0 aliphatic rings. The summed E-state index contributed by atoms with van der Waals surface area (Å²) in [6.45, 7) is 2.75. The van der Waals surface area contributed by atoms with Gasteiger partial charge in [0.25, 0.3) is 10.0 Å². The van der Waals surface area contributed by atoms with E-state index in [1.807, 2.05) is 6.92 Å². The summed E-state index contributed by atoms with van der Waals surface area (Å²) in [4.78, 5) is 7.85. The molecule has 2 aromatic rings. The summed E-state index contributed by atoms with van der Waals surface area (Å²) >= 11 is 0. The van der Waals surface area contributed by atoms with Crippen LogP contribution in [-0.2, 0) is 10.0 Å². The van der Waals surface area contributed by atoms with Crippen LogP contribution in [0.2, 0.25) is 0 Å². The number of hydrogen-bond acceptors (Lipinski definition) is 5. The average molecular weight is 278 g/mol. The molecule has 0 bridgehead atoms. The van der Waals surface area contributed by atoms with Crippen molar-refractivity contribution in [2.45, 2.75) is 11.8 Å². The van der Waals surface area contributed by atoms with Gasteiger partial charge in [0, 0.05) is 24.6 Å². The summed E-state index contributed by atoms with van der Waals surface area (Å²) in [6, 6.07) is 6.51. The molecule has 2 rings (SSSR count). The third-order valence-corrected chi connectivity index (χ3v) is 3.72. The fraction of sp³-hybridized carbons (Fsp3) is 0.167. The highest BCUT2D eigenvalue weighted by Crippen LogP contribution is 2.16. The minimum absolute atomic E-state index is 0.180. The number of nitrogens with one attached hydrogen (secondary N) is 2. The highest BCUT2D eigenvalue weighted by atomic mass is 32.2. The molecule has 0 saturated carbocycles. The van der Waals surface area contributed by atoms with Crippen LogP contribution < -0.4 is 10.0 Å². The summed E-state index contributed by atoms with van der Waals surface area (Å²) in [7, 11) is -3.63. The van der Waals surface area contributed by atoms with E-state index in [1.165, 1.54) is 30.7 Å². The van der Waals surface area contributed by atoms with Crippen LogP contribution in [0.3, 0.4) is 0 Å². The van der Waals surface area contributed by atoms with E-state index in [0.717, 1.165) is 12.2 Å². The summed E-state index contributed by atoms with van der Waals surface area (Å²) in [5, 5.41) is 3.10. The Morgan fingerprint density at radius 3 is 2.47 bits per heavy atom. The first kappa shape index (κ1) is 13.3. The Balaban J connectivity index is 2.20. The smallest absolute Gasteiger partial charge is 0.263 e. The third-order valence-electron chi connectivity index (χ3n) is 2.35. The van der Waals surface area contributed by atoms with Crippen LogP contribution in [0.25, 0.3) is 0 Å². The van der Waals surface area contributed by atoms with Crippen molar-refractivity contribution in [3.8, 4) is 0 Å². The van der Waals surface area contributed by atoms with Gasteiger partial charge in [0.1, 0.15) is 0 Å². The topological polar surface area (TPSA) is 84.0 Å². The lowest BCUT2D eigenvalue weighted by Gasteiger charge is -2.08. The maximum absolute atomic E-state index is 12.1. The molecule has 0 aliphatic heterocycles. The number of aromatic nitrogens is 2. The summed E-state index contributed by atoms with van der Waals surface area (Å²) in [5.41, 5.74) is 0.876. The van der Waals surface area contributed by atoms with Gasteiger partial charge in [-0.3, -0.25) is 9.71 Å². The average Bonchev–Trinajstić information content (AvgIpc) is 2.40. The molecule has 0 unspecified atom stereocenters. The Hall–Kier alpha value is -2.15. The maximum Gasteiger partial charge on any atom is 0.263 e. The van der Waals surface area contributed by atoms with Crippen LogP contribution in [0.5, 0.6) is 0 Å². The maximum atomic E-state index is 12.1. The van der Waals surface area contributed by atoms with Gasteiger partial charge in [-0.25, -0.2) is 13.4 Å². The summed E-state index contributed by atoms with van der Waals surface area (Å²) < 4.78 is 26.5. The minimum Gasteiger partial charge on any atom is -0.385 e. The number of hydrogen-bond donors (Lipinski definition) is 2. The van der Waals surface area contributed by atoms with E-state index in [0.29, 0.717) is 0 Å². The normalized spacial score (nSPS) is 11.0. The van der Waals surface area contributed by atoms with Gasteiger partial charge in [-0.15, -0.1) is 0 Å². The van der Waals surface area contributed by atoms with Gasteiger partial charge in [0.15, 0.2) is 5.82 Å². The summed E-state index contributed by atoms with van der Waals surface area (Å²) in [5.74, 6) is 0.193. The molecular formula is C12H14N4O2S. The molecule has 0 spiro atoms. The molecule has 0 radical (unpaired) electrons. The highest BCUT2D eigenvalue weighted by Gasteiger charge is 2.14. The van der Waals surface area contributed by atoms with Crippen molar-refractivity contribution in [1.29, 1.82) is 0 Å². The number of anilines is 2. The van der Waals surface area contributed by atoms with Gasteiger partial charge in [-0.2, -0.15) is 0 Å². The van der Waals surface area contributed by atoms with E-state index in [9.17, 15) is 8.42 Å². The van der Waals surface area contributed by atoms with Crippen molar-refractivity contribution in [2.24, 2.45) is 0 Å². The highest BCUT2D eigenvalue weighted by molar-refractivity contribution is 7.92. The van der Waals surface area contributed by atoms with Crippen LogP contribution in [-0.4, -0.2) is 24.9 Å². The first-order valence-corrected chi connectivity index (χ1v) is 7.23. The molecule has 0 aliphatic carbocycles. The zero-order chi connectivity index (χ0) is 13.7. The molecule has 0 fully saturated rings. The lowest BCUT2D eigenvalue weighted by molar-refractivity contribution is 0.601. The van der Waals surface area contributed by atoms with Crippen LogP contribution in [0.1, 0.15) is 6.92 Å².